The van der Waals surface area contributed by atoms with Crippen LogP contribution in [-0.2, 0) is 17.6 Å². The van der Waals surface area contributed by atoms with Crippen molar-refractivity contribution in [3.63, 3.8) is 0 Å². The van der Waals surface area contributed by atoms with Gasteiger partial charge in [0.05, 0.1) is 11.6 Å². The van der Waals surface area contributed by atoms with Crippen LogP contribution in [0.4, 0.5) is 0 Å². The minimum Gasteiger partial charge on any atom is -0.368 e. The lowest BCUT2D eigenvalue weighted by Crippen LogP contribution is -2.55. The van der Waals surface area contributed by atoms with E-state index in [2.05, 4.69) is 79.1 Å². The predicted molar refractivity (Wildman–Crippen MR) is 177 cm³/mol. The normalized spacial score (nSPS) is 15.0. The second kappa shape index (κ2) is 15.3. The molecule has 0 aliphatic heterocycles. The predicted octanol–water partition coefficient (Wildman–Crippen LogP) is 7.30. The molecule has 4 rings (SSSR count). The monoisotopic (exact) mass is 574 g/mol. The maximum absolute atomic E-state index is 12.0. The first kappa shape index (κ1) is 33.3. The van der Waals surface area contributed by atoms with E-state index in [9.17, 15) is 10.1 Å². The van der Waals surface area contributed by atoms with Crippen LogP contribution in [0, 0.1) is 25.2 Å². The molecule has 1 amide bonds. The minimum absolute atomic E-state index is 0.0455. The lowest BCUT2D eigenvalue weighted by molar-refractivity contribution is -0.124. The molecule has 4 aromatic rings. The zero-order chi connectivity index (χ0) is 31.5. The minimum atomic E-state index is -0.787. The average molecular weight is 575 g/mol. The highest BCUT2D eigenvalue weighted by atomic mass is 16.1. The summed E-state index contributed by atoms with van der Waals surface area (Å²) >= 11 is 0. The third-order valence-electron chi connectivity index (χ3n) is 7.82. The van der Waals surface area contributed by atoms with Crippen molar-refractivity contribution in [2.24, 2.45) is 5.73 Å². The third kappa shape index (κ3) is 10.2. The molecular weight excluding hydrogens is 528 g/mol. The summed E-state index contributed by atoms with van der Waals surface area (Å²) in [6, 6.07) is 39.5. The van der Waals surface area contributed by atoms with Gasteiger partial charge in [0.25, 0.3) is 0 Å². The van der Waals surface area contributed by atoms with Gasteiger partial charge in [0, 0.05) is 18.5 Å². The van der Waals surface area contributed by atoms with Crippen molar-refractivity contribution in [1.29, 1.82) is 5.26 Å². The van der Waals surface area contributed by atoms with E-state index in [-0.39, 0.29) is 18.0 Å². The van der Waals surface area contributed by atoms with E-state index in [1.54, 1.807) is 0 Å². The molecule has 0 aromatic heterocycles. The molecule has 0 saturated heterocycles. The molecule has 0 heterocycles. The fourth-order valence-corrected chi connectivity index (χ4v) is 5.17. The standard InChI is InChI=1S/C19H24N2O.C19H22N2/c1-14-9-11-16(12-10-14)13-19(3,18(20)22)21-15(2)17-7-5-4-6-8-17;1-15-9-11-17(12-10-15)13-19(3,14-20)21-16(2)18-7-5-4-6-8-18/h4-12,15,21H,13H2,1-3H3,(H2,20,22);4-12,16,21H,13H2,1-3H3/t15-,19?;16-,19?/m00/s1. The molecule has 0 aliphatic rings. The summed E-state index contributed by atoms with van der Waals surface area (Å²) in [6.45, 7) is 12.1. The first-order valence-electron chi connectivity index (χ1n) is 14.9. The van der Waals surface area contributed by atoms with Gasteiger partial charge in [-0.2, -0.15) is 5.26 Å². The lowest BCUT2D eigenvalue weighted by Gasteiger charge is -2.31. The number of primary amides is 1. The van der Waals surface area contributed by atoms with E-state index in [0.29, 0.717) is 12.8 Å². The van der Waals surface area contributed by atoms with Crippen molar-refractivity contribution >= 4 is 5.91 Å². The molecule has 0 aliphatic carbocycles. The maximum Gasteiger partial charge on any atom is 0.237 e. The van der Waals surface area contributed by atoms with Crippen molar-refractivity contribution in [3.05, 3.63) is 143 Å². The fraction of sp³-hybridized carbons (Fsp3) is 0.316. The molecule has 43 heavy (non-hydrogen) atoms. The number of nitriles is 1. The smallest absolute Gasteiger partial charge is 0.237 e. The second-order valence-electron chi connectivity index (χ2n) is 12.0. The topological polar surface area (TPSA) is 90.9 Å². The largest absolute Gasteiger partial charge is 0.368 e. The number of carbonyl (C=O) groups is 1. The Kier molecular flexibility index (Phi) is 11.8. The van der Waals surface area contributed by atoms with Crippen LogP contribution in [0.1, 0.15) is 73.2 Å². The van der Waals surface area contributed by atoms with E-state index in [4.69, 9.17) is 5.73 Å². The highest BCUT2D eigenvalue weighted by Gasteiger charge is 2.33. The van der Waals surface area contributed by atoms with Gasteiger partial charge in [-0.1, -0.05) is 120 Å². The van der Waals surface area contributed by atoms with Gasteiger partial charge in [0.15, 0.2) is 0 Å². The molecule has 224 valence electrons. The Labute approximate surface area is 258 Å². The van der Waals surface area contributed by atoms with Crippen molar-refractivity contribution in [1.82, 2.24) is 10.6 Å². The van der Waals surface area contributed by atoms with Gasteiger partial charge < -0.3 is 5.73 Å². The first-order valence-corrected chi connectivity index (χ1v) is 14.9. The number of amides is 1. The maximum atomic E-state index is 12.0. The summed E-state index contributed by atoms with van der Waals surface area (Å²) in [5.74, 6) is -0.337. The molecular formula is C38H46N4O. The molecule has 0 radical (unpaired) electrons. The summed E-state index contributed by atoms with van der Waals surface area (Å²) in [6.07, 6.45) is 1.26. The molecule has 4 aromatic carbocycles. The van der Waals surface area contributed by atoms with Crippen LogP contribution in [0.3, 0.4) is 0 Å². The Balaban J connectivity index is 0.000000236. The molecule has 5 nitrogen and oxygen atoms in total. The van der Waals surface area contributed by atoms with E-state index >= 15 is 0 Å². The number of aryl methyl sites for hydroxylation is 2. The van der Waals surface area contributed by atoms with Crippen LogP contribution in [-0.4, -0.2) is 17.0 Å². The summed E-state index contributed by atoms with van der Waals surface area (Å²) in [4.78, 5) is 12.0. The molecule has 2 unspecified atom stereocenters. The zero-order valence-electron chi connectivity index (χ0n) is 26.4. The number of nitrogens with one attached hydrogen (secondary N) is 2. The van der Waals surface area contributed by atoms with E-state index in [0.717, 1.165) is 11.1 Å². The van der Waals surface area contributed by atoms with Crippen LogP contribution in [0.2, 0.25) is 0 Å². The number of nitrogens with zero attached hydrogens (tertiary/aromatic N) is 1. The van der Waals surface area contributed by atoms with Crippen LogP contribution in [0.25, 0.3) is 0 Å². The van der Waals surface area contributed by atoms with E-state index < -0.39 is 11.1 Å². The van der Waals surface area contributed by atoms with Crippen molar-refractivity contribution in [2.75, 3.05) is 0 Å². The van der Waals surface area contributed by atoms with Gasteiger partial charge in [-0.05, 0) is 70.2 Å². The number of hydrogen-bond donors (Lipinski definition) is 3. The molecule has 0 fully saturated rings. The summed E-state index contributed by atoms with van der Waals surface area (Å²) < 4.78 is 0. The lowest BCUT2D eigenvalue weighted by atomic mass is 9.90. The number of hydrogen-bond acceptors (Lipinski definition) is 4. The SMILES string of the molecule is Cc1ccc(CC(C)(C#N)N[C@@H](C)c2ccccc2)cc1.Cc1ccc(CC(C)(N[C@@H](C)c2ccccc2)C(N)=O)cc1. The average Bonchev–Trinajstić information content (AvgIpc) is 3.00. The summed E-state index contributed by atoms with van der Waals surface area (Å²) in [5, 5.41) is 16.4. The third-order valence-corrected chi connectivity index (χ3v) is 7.82. The Morgan fingerprint density at radius 2 is 1.09 bits per heavy atom. The Morgan fingerprint density at radius 3 is 1.49 bits per heavy atom. The molecule has 0 saturated carbocycles. The molecule has 0 spiro atoms. The van der Waals surface area contributed by atoms with Crippen molar-refractivity contribution in [3.8, 4) is 6.07 Å². The summed E-state index contributed by atoms with van der Waals surface area (Å²) in [7, 11) is 0. The highest BCUT2D eigenvalue weighted by Crippen LogP contribution is 2.21. The molecule has 5 heteroatoms. The van der Waals surface area contributed by atoms with Crippen molar-refractivity contribution < 1.29 is 4.79 Å². The Hall–Kier alpha value is -4.24. The fourth-order valence-electron chi connectivity index (χ4n) is 5.17. The number of nitrogens with two attached hydrogens (primary N) is 1. The van der Waals surface area contributed by atoms with Crippen LogP contribution in [0.15, 0.2) is 109 Å². The number of carbonyl (C=O) groups excluding carboxylic acids is 1. The van der Waals surface area contributed by atoms with Gasteiger partial charge in [0.2, 0.25) is 5.91 Å². The Bertz CT molecular complexity index is 1460. The number of benzene rings is 4. The molecule has 4 atom stereocenters. The van der Waals surface area contributed by atoms with E-state index in [1.807, 2.05) is 88.4 Å². The second-order valence-corrected chi connectivity index (χ2v) is 12.0. The van der Waals surface area contributed by atoms with Crippen molar-refractivity contribution in [2.45, 2.75) is 77.5 Å². The van der Waals surface area contributed by atoms with Crippen LogP contribution >= 0.6 is 0 Å². The van der Waals surface area contributed by atoms with Gasteiger partial charge in [-0.15, -0.1) is 0 Å². The van der Waals surface area contributed by atoms with Crippen LogP contribution in [0.5, 0.6) is 0 Å². The van der Waals surface area contributed by atoms with Gasteiger partial charge in [0.1, 0.15) is 5.54 Å². The van der Waals surface area contributed by atoms with E-state index in [1.165, 1.54) is 22.3 Å². The first-order chi connectivity index (χ1) is 20.4. The van der Waals surface area contributed by atoms with Crippen LogP contribution < -0.4 is 16.4 Å². The molecule has 4 N–H and O–H groups in total. The van der Waals surface area contributed by atoms with Gasteiger partial charge in [-0.3, -0.25) is 15.4 Å². The summed E-state index contributed by atoms with van der Waals surface area (Å²) in [5.41, 5.74) is 11.4. The van der Waals surface area contributed by atoms with Gasteiger partial charge in [-0.25, -0.2) is 0 Å². The Morgan fingerprint density at radius 1 is 0.698 bits per heavy atom. The highest BCUT2D eigenvalue weighted by molar-refractivity contribution is 5.84. The molecule has 0 bridgehead atoms. The number of rotatable bonds is 11. The quantitative estimate of drug-likeness (QED) is 0.175. The zero-order valence-corrected chi connectivity index (χ0v) is 26.4. The van der Waals surface area contributed by atoms with Gasteiger partial charge >= 0.3 is 0 Å².